The number of hydrogen-bond acceptors (Lipinski definition) is 4. The summed E-state index contributed by atoms with van der Waals surface area (Å²) >= 11 is 0. The van der Waals surface area contributed by atoms with E-state index in [-0.39, 0.29) is 0 Å². The Labute approximate surface area is 99.9 Å². The first kappa shape index (κ1) is 10.5. The van der Waals surface area contributed by atoms with Crippen molar-refractivity contribution < 1.29 is 5.11 Å². The van der Waals surface area contributed by atoms with Crippen molar-refractivity contribution in [3.05, 3.63) is 30.5 Å². The van der Waals surface area contributed by atoms with Gasteiger partial charge in [-0.15, -0.1) is 0 Å². The predicted octanol–water partition coefficient (Wildman–Crippen LogP) is 1.59. The number of aliphatic hydroxyl groups is 1. The SMILES string of the molecule is CC1(O)CCN(c2ncc3ccccc3n2)C1. The molecule has 0 saturated carbocycles. The Morgan fingerprint density at radius 1 is 1.35 bits per heavy atom. The van der Waals surface area contributed by atoms with Crippen molar-refractivity contribution in [3.8, 4) is 0 Å². The van der Waals surface area contributed by atoms with Crippen LogP contribution in [0.1, 0.15) is 13.3 Å². The van der Waals surface area contributed by atoms with Gasteiger partial charge in [0.2, 0.25) is 5.95 Å². The third kappa shape index (κ3) is 1.96. The van der Waals surface area contributed by atoms with E-state index in [0.29, 0.717) is 12.5 Å². The third-order valence-electron chi connectivity index (χ3n) is 3.21. The van der Waals surface area contributed by atoms with Gasteiger partial charge in [-0.2, -0.15) is 0 Å². The van der Waals surface area contributed by atoms with E-state index in [1.807, 2.05) is 42.3 Å². The monoisotopic (exact) mass is 229 g/mol. The molecule has 1 atom stereocenters. The number of hydrogen-bond donors (Lipinski definition) is 1. The maximum Gasteiger partial charge on any atom is 0.225 e. The number of anilines is 1. The van der Waals surface area contributed by atoms with Gasteiger partial charge in [-0.3, -0.25) is 0 Å². The standard InChI is InChI=1S/C13H15N3O/c1-13(17)6-7-16(9-13)12-14-8-10-4-2-3-5-11(10)15-12/h2-5,8,17H,6-7,9H2,1H3. The van der Waals surface area contributed by atoms with Crippen molar-refractivity contribution in [2.75, 3.05) is 18.0 Å². The summed E-state index contributed by atoms with van der Waals surface area (Å²) in [5, 5.41) is 11.0. The number of fused-ring (bicyclic) bond motifs is 1. The van der Waals surface area contributed by atoms with Gasteiger partial charge in [0.05, 0.1) is 11.1 Å². The lowest BCUT2D eigenvalue weighted by Crippen LogP contribution is -2.30. The molecular formula is C13H15N3O. The second kappa shape index (κ2) is 3.67. The molecule has 17 heavy (non-hydrogen) atoms. The summed E-state index contributed by atoms with van der Waals surface area (Å²) in [4.78, 5) is 10.9. The average molecular weight is 229 g/mol. The summed E-state index contributed by atoms with van der Waals surface area (Å²) in [7, 11) is 0. The fourth-order valence-electron chi connectivity index (χ4n) is 2.23. The average Bonchev–Trinajstić information content (AvgIpc) is 2.69. The van der Waals surface area contributed by atoms with Crippen LogP contribution in [0.4, 0.5) is 5.95 Å². The van der Waals surface area contributed by atoms with Gasteiger partial charge in [0.1, 0.15) is 0 Å². The van der Waals surface area contributed by atoms with E-state index in [2.05, 4.69) is 9.97 Å². The first-order valence-electron chi connectivity index (χ1n) is 5.83. The highest BCUT2D eigenvalue weighted by Gasteiger charge is 2.32. The minimum atomic E-state index is -0.616. The zero-order valence-electron chi connectivity index (χ0n) is 9.80. The molecule has 1 fully saturated rings. The maximum atomic E-state index is 9.94. The first-order chi connectivity index (χ1) is 8.14. The summed E-state index contributed by atoms with van der Waals surface area (Å²) in [5.74, 6) is 0.710. The summed E-state index contributed by atoms with van der Waals surface area (Å²) in [5.41, 5.74) is 0.332. The summed E-state index contributed by atoms with van der Waals surface area (Å²) in [6.45, 7) is 3.27. The molecule has 3 rings (SSSR count). The van der Waals surface area contributed by atoms with Crippen molar-refractivity contribution in [2.45, 2.75) is 18.9 Å². The van der Waals surface area contributed by atoms with Crippen molar-refractivity contribution in [2.24, 2.45) is 0 Å². The zero-order chi connectivity index (χ0) is 11.9. The Morgan fingerprint density at radius 2 is 2.18 bits per heavy atom. The van der Waals surface area contributed by atoms with Gasteiger partial charge < -0.3 is 10.0 Å². The van der Waals surface area contributed by atoms with Gasteiger partial charge in [-0.05, 0) is 19.4 Å². The lowest BCUT2D eigenvalue weighted by Gasteiger charge is -2.18. The van der Waals surface area contributed by atoms with E-state index in [1.165, 1.54) is 0 Å². The minimum absolute atomic E-state index is 0.603. The molecule has 1 N–H and O–H groups in total. The topological polar surface area (TPSA) is 49.2 Å². The predicted molar refractivity (Wildman–Crippen MR) is 67.0 cm³/mol. The van der Waals surface area contributed by atoms with Crippen LogP contribution < -0.4 is 4.90 Å². The molecule has 4 heteroatoms. The van der Waals surface area contributed by atoms with Gasteiger partial charge in [-0.25, -0.2) is 9.97 Å². The maximum absolute atomic E-state index is 9.94. The van der Waals surface area contributed by atoms with Crippen molar-refractivity contribution >= 4 is 16.9 Å². The van der Waals surface area contributed by atoms with E-state index in [9.17, 15) is 5.11 Å². The summed E-state index contributed by atoms with van der Waals surface area (Å²) < 4.78 is 0. The third-order valence-corrected chi connectivity index (χ3v) is 3.21. The van der Waals surface area contributed by atoms with Crippen LogP contribution in [0.5, 0.6) is 0 Å². The van der Waals surface area contributed by atoms with Crippen molar-refractivity contribution in [1.82, 2.24) is 9.97 Å². The van der Waals surface area contributed by atoms with Gasteiger partial charge in [-0.1, -0.05) is 18.2 Å². The molecule has 88 valence electrons. The molecule has 0 spiro atoms. The number of rotatable bonds is 1. The molecule has 0 amide bonds. The fraction of sp³-hybridized carbons (Fsp3) is 0.385. The molecule has 2 aromatic rings. The smallest absolute Gasteiger partial charge is 0.225 e. The molecule has 0 radical (unpaired) electrons. The Balaban J connectivity index is 1.96. The largest absolute Gasteiger partial charge is 0.388 e. The number of β-amino-alcohol motifs (C(OH)–C–C–N with tert-alkyl or cyclic N) is 1. The fourth-order valence-corrected chi connectivity index (χ4v) is 2.23. The number of nitrogens with zero attached hydrogens (tertiary/aromatic N) is 3. The molecule has 1 saturated heterocycles. The van der Waals surface area contributed by atoms with E-state index in [0.717, 1.165) is 23.9 Å². The second-order valence-corrected chi connectivity index (χ2v) is 4.90. The molecule has 1 unspecified atom stereocenters. The lowest BCUT2D eigenvalue weighted by atomic mass is 10.1. The van der Waals surface area contributed by atoms with Crippen LogP contribution in [0.2, 0.25) is 0 Å². The van der Waals surface area contributed by atoms with Crippen LogP contribution in [0.3, 0.4) is 0 Å². The minimum Gasteiger partial charge on any atom is -0.388 e. The number of para-hydroxylation sites is 1. The van der Waals surface area contributed by atoms with E-state index >= 15 is 0 Å². The van der Waals surface area contributed by atoms with Crippen LogP contribution in [-0.2, 0) is 0 Å². The van der Waals surface area contributed by atoms with Gasteiger partial charge in [0.15, 0.2) is 0 Å². The van der Waals surface area contributed by atoms with Gasteiger partial charge >= 0.3 is 0 Å². The van der Waals surface area contributed by atoms with Crippen LogP contribution >= 0.6 is 0 Å². The lowest BCUT2D eigenvalue weighted by molar-refractivity contribution is 0.0838. The molecule has 4 nitrogen and oxygen atoms in total. The summed E-state index contributed by atoms with van der Waals surface area (Å²) in [6.07, 6.45) is 2.61. The van der Waals surface area contributed by atoms with Gasteiger partial charge in [0.25, 0.3) is 0 Å². The number of benzene rings is 1. The van der Waals surface area contributed by atoms with Gasteiger partial charge in [0, 0.05) is 24.7 Å². The van der Waals surface area contributed by atoms with Crippen LogP contribution in [0.15, 0.2) is 30.5 Å². The quantitative estimate of drug-likeness (QED) is 0.806. The van der Waals surface area contributed by atoms with E-state index in [4.69, 9.17) is 0 Å². The Kier molecular flexibility index (Phi) is 2.26. The van der Waals surface area contributed by atoms with Crippen molar-refractivity contribution in [3.63, 3.8) is 0 Å². The van der Waals surface area contributed by atoms with Crippen molar-refractivity contribution in [1.29, 1.82) is 0 Å². The molecule has 1 aromatic carbocycles. The van der Waals surface area contributed by atoms with E-state index < -0.39 is 5.60 Å². The Hall–Kier alpha value is -1.68. The van der Waals surface area contributed by atoms with Crippen LogP contribution in [-0.4, -0.2) is 33.8 Å². The second-order valence-electron chi connectivity index (χ2n) is 4.90. The molecule has 2 heterocycles. The van der Waals surface area contributed by atoms with Crippen LogP contribution in [0.25, 0.3) is 10.9 Å². The summed E-state index contributed by atoms with van der Waals surface area (Å²) in [6, 6.07) is 7.93. The molecule has 1 aromatic heterocycles. The molecule has 0 bridgehead atoms. The molecular weight excluding hydrogens is 214 g/mol. The molecule has 1 aliphatic rings. The highest BCUT2D eigenvalue weighted by atomic mass is 16.3. The zero-order valence-corrected chi connectivity index (χ0v) is 9.80. The normalized spacial score (nSPS) is 24.5. The first-order valence-corrected chi connectivity index (χ1v) is 5.83. The molecule has 0 aliphatic carbocycles. The highest BCUT2D eigenvalue weighted by molar-refractivity contribution is 5.78. The van der Waals surface area contributed by atoms with E-state index in [1.54, 1.807) is 0 Å². The Morgan fingerprint density at radius 3 is 2.94 bits per heavy atom. The molecule has 1 aliphatic heterocycles. The highest BCUT2D eigenvalue weighted by Crippen LogP contribution is 2.24. The number of aromatic nitrogens is 2. The van der Waals surface area contributed by atoms with Crippen LogP contribution in [0, 0.1) is 0 Å². The Bertz CT molecular complexity index is 553.